The first-order valence-corrected chi connectivity index (χ1v) is 9.35. The fourth-order valence-electron chi connectivity index (χ4n) is 3.44. The maximum Gasteiger partial charge on any atom is 0.252 e. The van der Waals surface area contributed by atoms with Gasteiger partial charge in [-0.2, -0.15) is 0 Å². The summed E-state index contributed by atoms with van der Waals surface area (Å²) < 4.78 is 13.3. The van der Waals surface area contributed by atoms with Crippen molar-refractivity contribution in [3.05, 3.63) is 107 Å². The zero-order chi connectivity index (χ0) is 19.5. The van der Waals surface area contributed by atoms with Crippen LogP contribution in [-0.4, -0.2) is 17.4 Å². The fourth-order valence-corrected chi connectivity index (χ4v) is 3.69. The van der Waals surface area contributed by atoms with Gasteiger partial charge in [-0.3, -0.25) is 4.79 Å². The van der Waals surface area contributed by atoms with Gasteiger partial charge in [-0.25, -0.2) is 4.39 Å². The zero-order valence-electron chi connectivity index (χ0n) is 15.0. The minimum Gasteiger partial charge on any atom is -0.361 e. The summed E-state index contributed by atoms with van der Waals surface area (Å²) in [6.07, 6.45) is 1.99. The molecule has 3 nitrogen and oxygen atoms in total. The molecule has 1 atom stereocenters. The number of hydrogen-bond donors (Lipinski definition) is 2. The highest BCUT2D eigenvalue weighted by Gasteiger charge is 2.20. The third kappa shape index (κ3) is 3.64. The first-order valence-electron chi connectivity index (χ1n) is 8.97. The maximum atomic E-state index is 13.3. The van der Waals surface area contributed by atoms with Crippen LogP contribution < -0.4 is 5.32 Å². The van der Waals surface area contributed by atoms with E-state index in [-0.39, 0.29) is 22.4 Å². The number of para-hydroxylation sites is 1. The van der Waals surface area contributed by atoms with Gasteiger partial charge in [0, 0.05) is 29.6 Å². The number of nitrogens with one attached hydrogen (secondary N) is 2. The number of aromatic amines is 1. The van der Waals surface area contributed by atoms with Crippen molar-refractivity contribution in [2.75, 3.05) is 6.54 Å². The normalized spacial score (nSPS) is 12.1. The molecule has 4 rings (SSSR count). The Hall–Kier alpha value is -3.11. The predicted octanol–water partition coefficient (Wildman–Crippen LogP) is 5.52. The molecular weight excluding hydrogens is 375 g/mol. The van der Waals surface area contributed by atoms with E-state index >= 15 is 0 Å². The van der Waals surface area contributed by atoms with Crippen molar-refractivity contribution in [2.24, 2.45) is 0 Å². The number of halogens is 2. The second kappa shape index (κ2) is 7.87. The highest BCUT2D eigenvalue weighted by Crippen LogP contribution is 2.30. The maximum absolute atomic E-state index is 13.3. The fraction of sp³-hybridized carbons (Fsp3) is 0.0870. The SMILES string of the molecule is O=C(NCC(c1ccccc1)c1c[nH]c2ccccc12)c1ccc(F)cc1Cl. The minimum absolute atomic E-state index is 0.0412. The molecule has 0 aliphatic heterocycles. The van der Waals surface area contributed by atoms with Crippen molar-refractivity contribution < 1.29 is 9.18 Å². The molecule has 0 spiro atoms. The lowest BCUT2D eigenvalue weighted by atomic mass is 9.91. The van der Waals surface area contributed by atoms with E-state index in [2.05, 4.69) is 16.4 Å². The number of hydrogen-bond acceptors (Lipinski definition) is 1. The van der Waals surface area contributed by atoms with Gasteiger partial charge in [-0.1, -0.05) is 60.1 Å². The van der Waals surface area contributed by atoms with E-state index in [4.69, 9.17) is 11.6 Å². The molecule has 2 N–H and O–H groups in total. The summed E-state index contributed by atoms with van der Waals surface area (Å²) in [6.45, 7) is 0.387. The monoisotopic (exact) mass is 392 g/mol. The number of carbonyl (C=O) groups excluding carboxylic acids is 1. The van der Waals surface area contributed by atoms with Crippen LogP contribution in [0.3, 0.4) is 0 Å². The van der Waals surface area contributed by atoms with Crippen LogP contribution in [0.2, 0.25) is 5.02 Å². The molecule has 0 saturated carbocycles. The van der Waals surface area contributed by atoms with Crippen molar-refractivity contribution in [1.29, 1.82) is 0 Å². The number of H-pyrrole nitrogens is 1. The van der Waals surface area contributed by atoms with Crippen molar-refractivity contribution >= 4 is 28.4 Å². The third-order valence-corrected chi connectivity index (χ3v) is 5.15. The van der Waals surface area contributed by atoms with Crippen LogP contribution in [0, 0.1) is 5.82 Å². The molecule has 1 heterocycles. The Labute approximate surface area is 167 Å². The lowest BCUT2D eigenvalue weighted by molar-refractivity contribution is 0.0952. The molecular formula is C23H18ClFN2O. The largest absolute Gasteiger partial charge is 0.361 e. The number of carbonyl (C=O) groups is 1. The molecule has 0 bridgehead atoms. The molecule has 0 radical (unpaired) electrons. The predicted molar refractivity (Wildman–Crippen MR) is 110 cm³/mol. The summed E-state index contributed by atoms with van der Waals surface area (Å²) >= 11 is 6.03. The molecule has 140 valence electrons. The number of amides is 1. The number of benzene rings is 3. The molecule has 3 aromatic carbocycles. The average Bonchev–Trinajstić information content (AvgIpc) is 3.13. The second-order valence-electron chi connectivity index (χ2n) is 6.59. The van der Waals surface area contributed by atoms with Crippen molar-refractivity contribution in [2.45, 2.75) is 5.92 Å². The highest BCUT2D eigenvalue weighted by molar-refractivity contribution is 6.33. The Balaban J connectivity index is 1.64. The molecule has 1 unspecified atom stereocenters. The van der Waals surface area contributed by atoms with E-state index in [1.54, 1.807) is 0 Å². The van der Waals surface area contributed by atoms with E-state index < -0.39 is 5.82 Å². The Kier molecular flexibility index (Phi) is 5.13. The van der Waals surface area contributed by atoms with E-state index in [0.717, 1.165) is 28.1 Å². The van der Waals surface area contributed by atoms with Crippen LogP contribution in [0.25, 0.3) is 10.9 Å². The third-order valence-electron chi connectivity index (χ3n) is 4.84. The van der Waals surface area contributed by atoms with Gasteiger partial charge >= 0.3 is 0 Å². The molecule has 0 saturated heterocycles. The van der Waals surface area contributed by atoms with Crippen molar-refractivity contribution in [3.63, 3.8) is 0 Å². The van der Waals surface area contributed by atoms with Gasteiger partial charge in [0.15, 0.2) is 0 Å². The average molecular weight is 393 g/mol. The zero-order valence-corrected chi connectivity index (χ0v) is 15.7. The van der Waals surface area contributed by atoms with Gasteiger partial charge in [-0.15, -0.1) is 0 Å². The molecule has 4 aromatic rings. The summed E-state index contributed by atoms with van der Waals surface area (Å²) in [7, 11) is 0. The van der Waals surface area contributed by atoms with E-state index in [1.807, 2.05) is 54.7 Å². The number of rotatable bonds is 5. The van der Waals surface area contributed by atoms with Crippen LogP contribution in [0.1, 0.15) is 27.4 Å². The summed E-state index contributed by atoms with van der Waals surface area (Å²) in [4.78, 5) is 15.9. The first-order chi connectivity index (χ1) is 13.6. The quantitative estimate of drug-likeness (QED) is 0.461. The van der Waals surface area contributed by atoms with Crippen LogP contribution in [0.15, 0.2) is 79.0 Å². The smallest absolute Gasteiger partial charge is 0.252 e. The Bertz CT molecular complexity index is 1120. The second-order valence-corrected chi connectivity index (χ2v) is 6.99. The number of aromatic nitrogens is 1. The first kappa shape index (κ1) is 18.3. The molecule has 0 fully saturated rings. The van der Waals surface area contributed by atoms with Crippen LogP contribution in [0.4, 0.5) is 4.39 Å². The lowest BCUT2D eigenvalue weighted by Gasteiger charge is -2.18. The Morgan fingerprint density at radius 3 is 2.57 bits per heavy atom. The molecule has 28 heavy (non-hydrogen) atoms. The van der Waals surface area contributed by atoms with Crippen LogP contribution in [0.5, 0.6) is 0 Å². The van der Waals surface area contributed by atoms with Gasteiger partial charge in [-0.05, 0) is 35.4 Å². The molecule has 1 aromatic heterocycles. The van der Waals surface area contributed by atoms with Gasteiger partial charge in [0.25, 0.3) is 5.91 Å². The van der Waals surface area contributed by atoms with Gasteiger partial charge in [0.05, 0.1) is 10.6 Å². The topological polar surface area (TPSA) is 44.9 Å². The van der Waals surface area contributed by atoms with Gasteiger partial charge in [0.1, 0.15) is 5.82 Å². The van der Waals surface area contributed by atoms with E-state index in [0.29, 0.717) is 6.54 Å². The summed E-state index contributed by atoms with van der Waals surface area (Å²) in [5.74, 6) is -0.839. The van der Waals surface area contributed by atoms with Crippen molar-refractivity contribution in [3.8, 4) is 0 Å². The van der Waals surface area contributed by atoms with Gasteiger partial charge in [0.2, 0.25) is 0 Å². The summed E-state index contributed by atoms with van der Waals surface area (Å²) in [5, 5.41) is 4.17. The minimum atomic E-state index is -0.470. The Morgan fingerprint density at radius 2 is 1.79 bits per heavy atom. The molecule has 0 aliphatic rings. The van der Waals surface area contributed by atoms with E-state index in [9.17, 15) is 9.18 Å². The molecule has 0 aliphatic carbocycles. The summed E-state index contributed by atoms with van der Waals surface area (Å²) in [6, 6.07) is 21.9. The van der Waals surface area contributed by atoms with Crippen molar-refractivity contribution in [1.82, 2.24) is 10.3 Å². The number of fused-ring (bicyclic) bond motifs is 1. The standard InChI is InChI=1S/C23H18ClFN2O/c24-21-12-16(25)10-11-18(21)23(28)27-13-19(15-6-2-1-3-7-15)20-14-26-22-9-5-4-8-17(20)22/h1-12,14,19,26H,13H2,(H,27,28). The molecule has 5 heteroatoms. The molecule has 1 amide bonds. The lowest BCUT2D eigenvalue weighted by Crippen LogP contribution is -2.29. The highest BCUT2D eigenvalue weighted by atomic mass is 35.5. The summed E-state index contributed by atoms with van der Waals surface area (Å²) in [5.41, 5.74) is 3.50. The van der Waals surface area contributed by atoms with E-state index in [1.165, 1.54) is 12.1 Å². The Morgan fingerprint density at radius 1 is 1.04 bits per heavy atom. The van der Waals surface area contributed by atoms with Crippen LogP contribution >= 0.6 is 11.6 Å². The van der Waals surface area contributed by atoms with Gasteiger partial charge < -0.3 is 10.3 Å². The van der Waals surface area contributed by atoms with Crippen LogP contribution in [-0.2, 0) is 0 Å².